The van der Waals surface area contributed by atoms with Crippen molar-refractivity contribution in [2.45, 2.75) is 45.2 Å². The van der Waals surface area contributed by atoms with Crippen LogP contribution in [0.5, 0.6) is 0 Å². The van der Waals surface area contributed by atoms with Gasteiger partial charge in [-0.05, 0) is 68.1 Å². The molecule has 1 aromatic heterocycles. The van der Waals surface area contributed by atoms with Crippen LogP contribution in [0.4, 0.5) is 0 Å². The number of ether oxygens (including phenoxy) is 1. The summed E-state index contributed by atoms with van der Waals surface area (Å²) < 4.78 is 4.65. The SMILES string of the molecule is COC([O-])=N[C@H](CC(=O)N1CCC[C@H]1c1nc2cc([C]3[CH][CH][CH][CH]3)ccc2[n-]1)C(C)C.[Fe+2]. The van der Waals surface area contributed by atoms with Crippen molar-refractivity contribution >= 4 is 23.0 Å². The summed E-state index contributed by atoms with van der Waals surface area (Å²) in [5.41, 5.74) is 2.78. The number of nitrogens with zero attached hydrogens (tertiary/aromatic N) is 4. The Kier molecular flexibility index (Phi) is 8.23. The number of benzene rings is 1. The van der Waals surface area contributed by atoms with Gasteiger partial charge in [0.15, 0.2) is 0 Å². The molecular formula is C24H27FeN4O3. The fourth-order valence-corrected chi connectivity index (χ4v) is 4.12. The third-order valence-electron chi connectivity index (χ3n) is 5.91. The first-order chi connectivity index (χ1) is 15.0. The number of methoxy groups -OCH3 is 1. The molecule has 2 atom stereocenters. The number of rotatable bonds is 6. The number of imidazole rings is 1. The molecule has 1 aromatic carbocycles. The number of fused-ring (bicyclic) bond motifs is 1. The van der Waals surface area contributed by atoms with E-state index < -0.39 is 12.1 Å². The maximum absolute atomic E-state index is 13.1. The Morgan fingerprint density at radius 1 is 1.34 bits per heavy atom. The minimum Gasteiger partial charge on any atom is -0.604 e. The van der Waals surface area contributed by atoms with E-state index in [-0.39, 0.29) is 41.4 Å². The second kappa shape index (κ2) is 10.7. The standard InChI is InChI=1S/C24H28N4O3.Fe/c1-15(2)19(27-24(30)31-3)14-22(29)28-12-6-9-21(28)23-25-18-11-10-17(13-20(18)26-23)16-7-4-5-8-16;/h4-5,7-8,10-11,13,15,19,21H,6,9,12,14H2,1-3H3,(H-,25,26,27,30);/q-1;+2/p-1/t19-,21+;/m1./s1. The van der Waals surface area contributed by atoms with Crippen molar-refractivity contribution < 1.29 is 31.7 Å². The summed E-state index contributed by atoms with van der Waals surface area (Å²) in [5.74, 6) is 1.86. The molecule has 0 N–H and O–H groups in total. The number of aromatic nitrogens is 2. The van der Waals surface area contributed by atoms with E-state index in [0.717, 1.165) is 35.4 Å². The summed E-state index contributed by atoms with van der Waals surface area (Å²) in [7, 11) is 1.29. The van der Waals surface area contributed by atoms with Gasteiger partial charge in [-0.15, -0.1) is 0 Å². The minimum absolute atomic E-state index is 0. The molecule has 7 nitrogen and oxygen atoms in total. The molecule has 0 bridgehead atoms. The van der Waals surface area contributed by atoms with Crippen LogP contribution in [-0.4, -0.2) is 41.6 Å². The Hall–Kier alpha value is -2.05. The predicted octanol–water partition coefficient (Wildman–Crippen LogP) is 2.38. The van der Waals surface area contributed by atoms with Crippen molar-refractivity contribution in [1.82, 2.24) is 14.9 Å². The van der Waals surface area contributed by atoms with E-state index in [1.165, 1.54) is 7.11 Å². The molecule has 8 heteroatoms. The first kappa shape index (κ1) is 24.6. The number of carbonyl (C=O) groups is 1. The van der Waals surface area contributed by atoms with Gasteiger partial charge in [-0.25, -0.2) is 0 Å². The van der Waals surface area contributed by atoms with Crippen molar-refractivity contribution in [1.29, 1.82) is 0 Å². The van der Waals surface area contributed by atoms with E-state index in [1.807, 2.05) is 43.7 Å². The van der Waals surface area contributed by atoms with Crippen molar-refractivity contribution in [3.8, 4) is 0 Å². The van der Waals surface area contributed by atoms with Gasteiger partial charge >= 0.3 is 17.1 Å². The van der Waals surface area contributed by atoms with Gasteiger partial charge in [0.05, 0.1) is 6.04 Å². The largest absolute Gasteiger partial charge is 2.00 e. The maximum Gasteiger partial charge on any atom is 2.00 e. The minimum atomic E-state index is -0.643. The zero-order valence-electron chi connectivity index (χ0n) is 18.5. The van der Waals surface area contributed by atoms with E-state index in [2.05, 4.69) is 28.6 Å². The van der Waals surface area contributed by atoms with Crippen molar-refractivity contribution in [3.05, 3.63) is 61.2 Å². The molecule has 5 radical (unpaired) electrons. The smallest absolute Gasteiger partial charge is 0.604 e. The van der Waals surface area contributed by atoms with Gasteiger partial charge in [0.25, 0.3) is 0 Å². The molecule has 1 aliphatic carbocycles. The van der Waals surface area contributed by atoms with Crippen molar-refractivity contribution in [2.24, 2.45) is 10.9 Å². The first-order valence-electron chi connectivity index (χ1n) is 10.7. The summed E-state index contributed by atoms with van der Waals surface area (Å²) in [5, 5.41) is 11.6. The molecule has 4 rings (SSSR count). The van der Waals surface area contributed by atoms with Gasteiger partial charge in [-0.2, -0.15) is 0 Å². The van der Waals surface area contributed by atoms with Crippen molar-refractivity contribution in [3.63, 3.8) is 0 Å². The van der Waals surface area contributed by atoms with Gasteiger partial charge in [-0.1, -0.05) is 37.9 Å². The Morgan fingerprint density at radius 3 is 2.78 bits per heavy atom. The molecule has 1 saturated heterocycles. The van der Waals surface area contributed by atoms with Crippen LogP contribution in [0.25, 0.3) is 11.0 Å². The predicted molar refractivity (Wildman–Crippen MR) is 116 cm³/mol. The molecule has 2 fully saturated rings. The molecule has 1 saturated carbocycles. The topological polar surface area (TPSA) is 91.9 Å². The summed E-state index contributed by atoms with van der Waals surface area (Å²) in [4.78, 5) is 28.5. The van der Waals surface area contributed by atoms with E-state index in [4.69, 9.17) is 9.97 Å². The average Bonchev–Trinajstić information content (AvgIpc) is 3.52. The number of likely N-dealkylation sites (tertiary alicyclic amines) is 1. The fourth-order valence-electron chi connectivity index (χ4n) is 4.12. The van der Waals surface area contributed by atoms with E-state index in [9.17, 15) is 9.90 Å². The third-order valence-corrected chi connectivity index (χ3v) is 5.91. The van der Waals surface area contributed by atoms with Gasteiger partial charge in [-0.3, -0.25) is 9.79 Å². The summed E-state index contributed by atoms with van der Waals surface area (Å²) in [6.07, 6.45) is 9.43. The molecule has 169 valence electrons. The number of carbonyl (C=O) groups excluding carboxylic acids is 1. The van der Waals surface area contributed by atoms with Gasteiger partial charge in [0.2, 0.25) is 5.91 Å². The maximum atomic E-state index is 13.1. The summed E-state index contributed by atoms with van der Waals surface area (Å²) >= 11 is 0. The van der Waals surface area contributed by atoms with Crippen LogP contribution >= 0.6 is 0 Å². The van der Waals surface area contributed by atoms with Crippen LogP contribution < -0.4 is 10.1 Å². The number of hydrogen-bond acceptors (Lipinski definition) is 5. The molecule has 0 unspecified atom stereocenters. The Morgan fingerprint density at radius 2 is 2.09 bits per heavy atom. The zero-order valence-corrected chi connectivity index (χ0v) is 19.6. The van der Waals surface area contributed by atoms with E-state index in [1.54, 1.807) is 0 Å². The molecule has 2 aromatic rings. The summed E-state index contributed by atoms with van der Waals surface area (Å²) in [6.45, 7) is 4.56. The molecule has 0 spiro atoms. The van der Waals surface area contributed by atoms with Gasteiger partial charge < -0.3 is 24.7 Å². The monoisotopic (exact) mass is 475 g/mol. The zero-order chi connectivity index (χ0) is 22.0. The molecule has 2 aliphatic rings. The quantitative estimate of drug-likeness (QED) is 0.364. The molecular weight excluding hydrogens is 448 g/mol. The van der Waals surface area contributed by atoms with Crippen LogP contribution in [0, 0.1) is 37.5 Å². The molecule has 2 heterocycles. The second-order valence-electron chi connectivity index (χ2n) is 8.32. The number of amides is 1. The Bertz CT molecular complexity index is 952. The van der Waals surface area contributed by atoms with Crippen LogP contribution in [0.15, 0.2) is 23.2 Å². The number of aliphatic imine (C=N–C) groups is 1. The molecule has 32 heavy (non-hydrogen) atoms. The van der Waals surface area contributed by atoms with E-state index in [0.29, 0.717) is 12.4 Å². The fraction of sp³-hybridized carbons (Fsp3) is 0.417. The molecule has 1 aliphatic heterocycles. The van der Waals surface area contributed by atoms with E-state index >= 15 is 0 Å². The normalized spacial score (nSPS) is 20.7. The van der Waals surface area contributed by atoms with Crippen LogP contribution in [0.1, 0.15) is 50.5 Å². The van der Waals surface area contributed by atoms with Crippen LogP contribution in [0.2, 0.25) is 0 Å². The Labute approximate surface area is 200 Å². The number of hydrogen-bond donors (Lipinski definition) is 0. The van der Waals surface area contributed by atoms with Crippen molar-refractivity contribution in [2.75, 3.05) is 13.7 Å². The molecule has 1 amide bonds. The van der Waals surface area contributed by atoms with Gasteiger partial charge in [0.1, 0.15) is 6.08 Å². The first-order valence-corrected chi connectivity index (χ1v) is 10.7. The van der Waals surface area contributed by atoms with Gasteiger partial charge in [0, 0.05) is 24.9 Å². The van der Waals surface area contributed by atoms with Crippen LogP contribution in [0.3, 0.4) is 0 Å². The third kappa shape index (κ3) is 5.29. The second-order valence-corrected chi connectivity index (χ2v) is 8.32. The Balaban J connectivity index is 0.00000289. The van der Waals surface area contributed by atoms with Crippen LogP contribution in [-0.2, 0) is 26.6 Å². The average molecular weight is 475 g/mol. The summed E-state index contributed by atoms with van der Waals surface area (Å²) in [6, 6.07) is 5.53.